The molecule has 2 atom stereocenters. The minimum atomic E-state index is 0.0165. The smallest absolute Gasteiger partial charge is 0.224 e. The van der Waals surface area contributed by atoms with Gasteiger partial charge in [-0.2, -0.15) is 0 Å². The molecule has 1 aliphatic rings. The quantitative estimate of drug-likeness (QED) is 0.910. The number of rotatable bonds is 4. The number of aromatic nitrogens is 2. The van der Waals surface area contributed by atoms with Gasteiger partial charge in [-0.15, -0.1) is 10.2 Å². The number of nitrogens with zero attached hydrogens (tertiary/aromatic N) is 2. The molecule has 0 bridgehead atoms. The zero-order valence-corrected chi connectivity index (χ0v) is 13.4. The molecule has 6 heteroatoms. The maximum absolute atomic E-state index is 12.0. The second-order valence-corrected chi connectivity index (χ2v) is 6.51. The Labute approximate surface area is 134 Å². The number of carbonyl (C=O) groups excluding carboxylic acids is 1. The van der Waals surface area contributed by atoms with Crippen molar-refractivity contribution in [1.29, 1.82) is 0 Å². The first kappa shape index (κ1) is 15.0. The fourth-order valence-electron chi connectivity index (χ4n) is 2.94. The van der Waals surface area contributed by atoms with E-state index in [2.05, 4.69) is 20.8 Å². The second kappa shape index (κ2) is 6.87. The number of nitrogens with one attached hydrogen (secondary N) is 2. The van der Waals surface area contributed by atoms with Crippen molar-refractivity contribution in [1.82, 2.24) is 15.5 Å². The van der Waals surface area contributed by atoms with E-state index in [1.165, 1.54) is 11.3 Å². The number of amides is 1. The van der Waals surface area contributed by atoms with Gasteiger partial charge in [0.25, 0.3) is 0 Å². The van der Waals surface area contributed by atoms with Gasteiger partial charge in [0.15, 0.2) is 0 Å². The molecule has 0 aliphatic heterocycles. The fourth-order valence-corrected chi connectivity index (χ4v) is 3.75. The molecule has 0 unspecified atom stereocenters. The summed E-state index contributed by atoms with van der Waals surface area (Å²) < 4.78 is 0. The molecular formula is C16H20N4OS. The van der Waals surface area contributed by atoms with Crippen molar-refractivity contribution in [2.24, 2.45) is 5.92 Å². The molecule has 2 N–H and O–H groups in total. The summed E-state index contributed by atoms with van der Waals surface area (Å²) in [5, 5.41) is 16.4. The first-order valence-corrected chi connectivity index (χ1v) is 8.46. The average molecular weight is 316 g/mol. The standard InChI is InChI=1S/C16H20N4OS/c1-17-14(21)12-9-5-6-10-13(12)18-16-20-19-15(22-16)11-7-3-2-4-8-11/h2-4,7-8,12-13H,5-6,9-10H2,1H3,(H,17,21)(H,18,20)/t12-,13-/m0/s1. The van der Waals surface area contributed by atoms with Gasteiger partial charge in [0.2, 0.25) is 11.0 Å². The summed E-state index contributed by atoms with van der Waals surface area (Å²) in [4.78, 5) is 12.0. The summed E-state index contributed by atoms with van der Waals surface area (Å²) in [5.41, 5.74) is 1.07. The number of carbonyl (C=O) groups is 1. The van der Waals surface area contributed by atoms with E-state index in [0.29, 0.717) is 0 Å². The number of hydrogen-bond donors (Lipinski definition) is 2. The predicted octanol–water partition coefficient (Wildman–Crippen LogP) is 2.92. The van der Waals surface area contributed by atoms with Crippen molar-refractivity contribution in [2.75, 3.05) is 12.4 Å². The highest BCUT2D eigenvalue weighted by Crippen LogP contribution is 2.31. The van der Waals surface area contributed by atoms with Gasteiger partial charge >= 0.3 is 0 Å². The van der Waals surface area contributed by atoms with Crippen LogP contribution in [-0.4, -0.2) is 29.2 Å². The maximum Gasteiger partial charge on any atom is 0.224 e. The van der Waals surface area contributed by atoms with Crippen molar-refractivity contribution in [2.45, 2.75) is 31.7 Å². The zero-order valence-electron chi connectivity index (χ0n) is 12.6. The summed E-state index contributed by atoms with van der Waals surface area (Å²) >= 11 is 1.54. The molecule has 0 spiro atoms. The highest BCUT2D eigenvalue weighted by Gasteiger charge is 2.30. The topological polar surface area (TPSA) is 66.9 Å². The van der Waals surface area contributed by atoms with Crippen LogP contribution in [0.25, 0.3) is 10.6 Å². The number of hydrogen-bond acceptors (Lipinski definition) is 5. The molecule has 2 aromatic rings. The first-order chi connectivity index (χ1) is 10.8. The first-order valence-electron chi connectivity index (χ1n) is 7.65. The molecule has 22 heavy (non-hydrogen) atoms. The third-order valence-corrected chi connectivity index (χ3v) is 5.01. The van der Waals surface area contributed by atoms with Crippen LogP contribution in [0.2, 0.25) is 0 Å². The van der Waals surface area contributed by atoms with Crippen LogP contribution in [0.3, 0.4) is 0 Å². The molecule has 1 fully saturated rings. The molecule has 116 valence electrons. The van der Waals surface area contributed by atoms with E-state index in [1.54, 1.807) is 7.05 Å². The average Bonchev–Trinajstić information content (AvgIpc) is 3.04. The van der Waals surface area contributed by atoms with Crippen molar-refractivity contribution >= 4 is 22.4 Å². The molecule has 1 amide bonds. The summed E-state index contributed by atoms with van der Waals surface area (Å²) in [7, 11) is 1.70. The second-order valence-electron chi connectivity index (χ2n) is 5.53. The lowest BCUT2D eigenvalue weighted by Gasteiger charge is -2.30. The van der Waals surface area contributed by atoms with E-state index in [9.17, 15) is 4.79 Å². The molecule has 1 aromatic carbocycles. The zero-order chi connectivity index (χ0) is 15.4. The van der Waals surface area contributed by atoms with Crippen LogP contribution >= 0.6 is 11.3 Å². The van der Waals surface area contributed by atoms with E-state index in [-0.39, 0.29) is 17.9 Å². The van der Waals surface area contributed by atoms with Crippen LogP contribution < -0.4 is 10.6 Å². The summed E-state index contributed by atoms with van der Waals surface area (Å²) in [6, 6.07) is 10.2. The van der Waals surface area contributed by atoms with Gasteiger partial charge in [0.1, 0.15) is 5.01 Å². The summed E-state index contributed by atoms with van der Waals surface area (Å²) in [5.74, 6) is 0.132. The Morgan fingerprint density at radius 1 is 1.18 bits per heavy atom. The molecular weight excluding hydrogens is 296 g/mol. The van der Waals surface area contributed by atoms with Crippen LogP contribution in [0.15, 0.2) is 30.3 Å². The van der Waals surface area contributed by atoms with E-state index in [0.717, 1.165) is 41.4 Å². The van der Waals surface area contributed by atoms with E-state index in [1.807, 2.05) is 30.3 Å². The van der Waals surface area contributed by atoms with E-state index in [4.69, 9.17) is 0 Å². The Morgan fingerprint density at radius 3 is 2.73 bits per heavy atom. The summed E-state index contributed by atoms with van der Waals surface area (Å²) in [6.45, 7) is 0. The van der Waals surface area contributed by atoms with Crippen LogP contribution in [-0.2, 0) is 4.79 Å². The van der Waals surface area contributed by atoms with Crippen LogP contribution in [0, 0.1) is 5.92 Å². The lowest BCUT2D eigenvalue weighted by atomic mass is 9.84. The van der Waals surface area contributed by atoms with Crippen LogP contribution in [0.4, 0.5) is 5.13 Å². The van der Waals surface area contributed by atoms with E-state index < -0.39 is 0 Å². The molecule has 1 aliphatic carbocycles. The lowest BCUT2D eigenvalue weighted by Crippen LogP contribution is -2.41. The van der Waals surface area contributed by atoms with Crippen molar-refractivity contribution in [3.8, 4) is 10.6 Å². The molecule has 0 radical (unpaired) electrons. The fraction of sp³-hybridized carbons (Fsp3) is 0.438. The van der Waals surface area contributed by atoms with Crippen LogP contribution in [0.1, 0.15) is 25.7 Å². The minimum absolute atomic E-state index is 0.0165. The molecule has 5 nitrogen and oxygen atoms in total. The number of benzene rings is 1. The highest BCUT2D eigenvalue weighted by atomic mass is 32.1. The van der Waals surface area contributed by atoms with Crippen molar-refractivity contribution < 1.29 is 4.79 Å². The monoisotopic (exact) mass is 316 g/mol. The predicted molar refractivity (Wildman–Crippen MR) is 88.8 cm³/mol. The molecule has 3 rings (SSSR count). The Bertz CT molecular complexity index is 628. The third kappa shape index (κ3) is 3.27. The van der Waals surface area contributed by atoms with E-state index >= 15 is 0 Å². The van der Waals surface area contributed by atoms with Crippen LogP contribution in [0.5, 0.6) is 0 Å². The molecule has 1 saturated carbocycles. The third-order valence-electron chi connectivity index (χ3n) is 4.10. The van der Waals surface area contributed by atoms with Gasteiger partial charge in [-0.3, -0.25) is 4.79 Å². The van der Waals surface area contributed by atoms with Gasteiger partial charge in [-0.25, -0.2) is 0 Å². The molecule has 0 saturated heterocycles. The minimum Gasteiger partial charge on any atom is -0.359 e. The Morgan fingerprint density at radius 2 is 1.95 bits per heavy atom. The Balaban J connectivity index is 1.72. The number of anilines is 1. The lowest BCUT2D eigenvalue weighted by molar-refractivity contribution is -0.125. The maximum atomic E-state index is 12.0. The van der Waals surface area contributed by atoms with Gasteiger partial charge in [-0.05, 0) is 12.8 Å². The molecule has 1 heterocycles. The largest absolute Gasteiger partial charge is 0.359 e. The molecule has 1 aromatic heterocycles. The van der Waals surface area contributed by atoms with Gasteiger partial charge < -0.3 is 10.6 Å². The van der Waals surface area contributed by atoms with Gasteiger partial charge in [-0.1, -0.05) is 54.5 Å². The van der Waals surface area contributed by atoms with Crippen molar-refractivity contribution in [3.63, 3.8) is 0 Å². The Kier molecular flexibility index (Phi) is 4.68. The summed E-state index contributed by atoms with van der Waals surface area (Å²) in [6.07, 6.45) is 4.19. The van der Waals surface area contributed by atoms with Gasteiger partial charge in [0, 0.05) is 18.7 Å². The Hall–Kier alpha value is -1.95. The SMILES string of the molecule is CNC(=O)[C@H]1CCCC[C@@H]1Nc1nnc(-c2ccccc2)s1. The van der Waals surface area contributed by atoms with Crippen molar-refractivity contribution in [3.05, 3.63) is 30.3 Å². The normalized spacial score (nSPS) is 21.3. The van der Waals surface area contributed by atoms with Gasteiger partial charge in [0.05, 0.1) is 5.92 Å². The highest BCUT2D eigenvalue weighted by molar-refractivity contribution is 7.18.